The van der Waals surface area contributed by atoms with Crippen molar-refractivity contribution in [3.63, 3.8) is 0 Å². The van der Waals surface area contributed by atoms with Crippen molar-refractivity contribution in [1.29, 1.82) is 0 Å². The minimum absolute atomic E-state index is 0.00130. The molecule has 1 N–H and O–H groups in total. The lowest BCUT2D eigenvalue weighted by atomic mass is 10.1. The fourth-order valence-corrected chi connectivity index (χ4v) is 1.95. The average molecular weight is 255 g/mol. The highest BCUT2D eigenvalue weighted by atomic mass is 19.1. The van der Waals surface area contributed by atoms with Crippen LogP contribution in [0.15, 0.2) is 18.2 Å². The maximum atomic E-state index is 13.5. The quantitative estimate of drug-likeness (QED) is 0.847. The van der Waals surface area contributed by atoms with Gasteiger partial charge in [-0.3, -0.25) is 9.69 Å². The van der Waals surface area contributed by atoms with Crippen LogP contribution in [0.3, 0.4) is 0 Å². The normalized spacial score (nSPS) is 15.1. The summed E-state index contributed by atoms with van der Waals surface area (Å²) in [4.78, 5) is 12.3. The van der Waals surface area contributed by atoms with Crippen molar-refractivity contribution >= 4 is 5.97 Å². The standard InChI is InChI=1S/C13H15F2NO2/c14-11-2-1-3-12(15)10(11)7-16(8-13(17)18)6-9-4-5-9/h1-3,9H,4-8H2,(H,17,18). The molecule has 5 heteroatoms. The highest BCUT2D eigenvalue weighted by Crippen LogP contribution is 2.30. The van der Waals surface area contributed by atoms with Crippen LogP contribution in [0.1, 0.15) is 18.4 Å². The molecule has 0 atom stereocenters. The van der Waals surface area contributed by atoms with Gasteiger partial charge in [-0.25, -0.2) is 8.78 Å². The molecule has 1 aromatic carbocycles. The van der Waals surface area contributed by atoms with E-state index in [9.17, 15) is 13.6 Å². The monoisotopic (exact) mass is 255 g/mol. The van der Waals surface area contributed by atoms with E-state index in [1.54, 1.807) is 4.90 Å². The second-order valence-corrected chi connectivity index (χ2v) is 4.71. The smallest absolute Gasteiger partial charge is 0.317 e. The first-order chi connectivity index (χ1) is 8.56. The van der Waals surface area contributed by atoms with E-state index in [1.165, 1.54) is 18.2 Å². The average Bonchev–Trinajstić information content (AvgIpc) is 3.06. The number of benzene rings is 1. The molecule has 1 aromatic rings. The van der Waals surface area contributed by atoms with Gasteiger partial charge in [0, 0.05) is 18.7 Å². The van der Waals surface area contributed by atoms with Gasteiger partial charge >= 0.3 is 5.97 Å². The topological polar surface area (TPSA) is 40.5 Å². The molecule has 0 unspecified atom stereocenters. The SMILES string of the molecule is O=C(O)CN(Cc1c(F)cccc1F)CC1CC1. The van der Waals surface area contributed by atoms with Crippen LogP contribution < -0.4 is 0 Å². The molecule has 0 bridgehead atoms. The molecule has 0 aliphatic heterocycles. The van der Waals surface area contributed by atoms with E-state index in [1.807, 2.05) is 0 Å². The molecule has 18 heavy (non-hydrogen) atoms. The van der Waals surface area contributed by atoms with Gasteiger partial charge in [0.25, 0.3) is 0 Å². The van der Waals surface area contributed by atoms with Crippen LogP contribution >= 0.6 is 0 Å². The summed E-state index contributed by atoms with van der Waals surface area (Å²) in [6, 6.07) is 3.68. The van der Waals surface area contributed by atoms with Crippen molar-refractivity contribution in [2.75, 3.05) is 13.1 Å². The summed E-state index contributed by atoms with van der Waals surface area (Å²) in [7, 11) is 0. The summed E-state index contributed by atoms with van der Waals surface area (Å²) in [5.74, 6) is -1.76. The molecule has 0 amide bonds. The first-order valence-corrected chi connectivity index (χ1v) is 5.93. The first-order valence-electron chi connectivity index (χ1n) is 5.93. The van der Waals surface area contributed by atoms with Gasteiger partial charge in [0.05, 0.1) is 6.54 Å². The molecule has 0 radical (unpaired) electrons. The minimum Gasteiger partial charge on any atom is -0.480 e. The van der Waals surface area contributed by atoms with E-state index in [4.69, 9.17) is 5.11 Å². The number of aliphatic carboxylic acids is 1. The van der Waals surface area contributed by atoms with E-state index in [0.29, 0.717) is 12.5 Å². The van der Waals surface area contributed by atoms with E-state index >= 15 is 0 Å². The third-order valence-electron chi connectivity index (χ3n) is 3.02. The fourth-order valence-electron chi connectivity index (χ4n) is 1.95. The van der Waals surface area contributed by atoms with Crippen LogP contribution in [0.4, 0.5) is 8.78 Å². The van der Waals surface area contributed by atoms with E-state index in [0.717, 1.165) is 12.8 Å². The van der Waals surface area contributed by atoms with Crippen LogP contribution in [-0.2, 0) is 11.3 Å². The number of carboxylic acids is 1. The Kier molecular flexibility index (Phi) is 3.91. The molecular weight excluding hydrogens is 240 g/mol. The highest BCUT2D eigenvalue weighted by molar-refractivity contribution is 5.69. The Labute approximate surface area is 104 Å². The maximum absolute atomic E-state index is 13.5. The van der Waals surface area contributed by atoms with Gasteiger partial charge in [-0.15, -0.1) is 0 Å². The van der Waals surface area contributed by atoms with Gasteiger partial charge in [-0.2, -0.15) is 0 Å². The molecule has 2 rings (SSSR count). The van der Waals surface area contributed by atoms with E-state index in [-0.39, 0.29) is 18.7 Å². The number of carbonyl (C=O) groups is 1. The van der Waals surface area contributed by atoms with E-state index < -0.39 is 17.6 Å². The Morgan fingerprint density at radius 3 is 2.44 bits per heavy atom. The van der Waals surface area contributed by atoms with Gasteiger partial charge in [-0.1, -0.05) is 6.07 Å². The third-order valence-corrected chi connectivity index (χ3v) is 3.02. The van der Waals surface area contributed by atoms with Gasteiger partial charge in [0.2, 0.25) is 0 Å². The molecule has 0 heterocycles. The zero-order chi connectivity index (χ0) is 13.1. The Morgan fingerprint density at radius 2 is 1.94 bits per heavy atom. The van der Waals surface area contributed by atoms with Gasteiger partial charge in [-0.05, 0) is 30.9 Å². The number of hydrogen-bond acceptors (Lipinski definition) is 2. The van der Waals surface area contributed by atoms with Crippen LogP contribution in [0.25, 0.3) is 0 Å². The molecule has 1 saturated carbocycles. The van der Waals surface area contributed by atoms with Crippen molar-refractivity contribution in [3.05, 3.63) is 35.4 Å². The number of rotatable bonds is 6. The zero-order valence-electron chi connectivity index (χ0n) is 9.90. The van der Waals surface area contributed by atoms with Crippen molar-refractivity contribution in [1.82, 2.24) is 4.90 Å². The van der Waals surface area contributed by atoms with Crippen LogP contribution in [0.5, 0.6) is 0 Å². The lowest BCUT2D eigenvalue weighted by Crippen LogP contribution is -2.31. The number of halogens is 2. The highest BCUT2D eigenvalue weighted by Gasteiger charge is 2.26. The molecule has 98 valence electrons. The lowest BCUT2D eigenvalue weighted by Gasteiger charge is -2.20. The van der Waals surface area contributed by atoms with Crippen LogP contribution in [-0.4, -0.2) is 29.1 Å². The van der Waals surface area contributed by atoms with Crippen LogP contribution in [0.2, 0.25) is 0 Å². The molecule has 1 aliphatic carbocycles. The Balaban J connectivity index is 2.08. The summed E-state index contributed by atoms with van der Waals surface area (Å²) in [5.41, 5.74) is -0.0561. The second kappa shape index (κ2) is 5.44. The van der Waals surface area contributed by atoms with Crippen molar-refractivity contribution in [3.8, 4) is 0 Å². The molecule has 0 aromatic heterocycles. The Hall–Kier alpha value is -1.49. The number of hydrogen-bond donors (Lipinski definition) is 1. The predicted molar refractivity (Wildman–Crippen MR) is 62.0 cm³/mol. The zero-order valence-corrected chi connectivity index (χ0v) is 9.90. The predicted octanol–water partition coefficient (Wildman–Crippen LogP) is 2.26. The molecule has 1 fully saturated rings. The summed E-state index contributed by atoms with van der Waals surface area (Å²) >= 11 is 0. The molecule has 0 spiro atoms. The lowest BCUT2D eigenvalue weighted by molar-refractivity contribution is -0.138. The summed E-state index contributed by atoms with van der Waals surface area (Å²) in [5, 5.41) is 8.80. The Morgan fingerprint density at radius 1 is 1.33 bits per heavy atom. The van der Waals surface area contributed by atoms with Gasteiger partial charge in [0.15, 0.2) is 0 Å². The van der Waals surface area contributed by atoms with Gasteiger partial charge < -0.3 is 5.11 Å². The first kappa shape index (κ1) is 13.0. The van der Waals surface area contributed by atoms with Gasteiger partial charge in [0.1, 0.15) is 11.6 Å². The molecule has 3 nitrogen and oxygen atoms in total. The Bertz CT molecular complexity index is 426. The number of carboxylic acid groups (broad SMARTS) is 1. The summed E-state index contributed by atoms with van der Waals surface area (Å²) in [6.07, 6.45) is 2.13. The molecular formula is C13H15F2NO2. The summed E-state index contributed by atoms with van der Waals surface area (Å²) < 4.78 is 27.0. The largest absolute Gasteiger partial charge is 0.480 e. The molecule has 0 saturated heterocycles. The summed E-state index contributed by atoms with van der Waals surface area (Å²) in [6.45, 7) is 0.394. The third kappa shape index (κ3) is 3.50. The van der Waals surface area contributed by atoms with Crippen LogP contribution in [0, 0.1) is 17.6 Å². The number of nitrogens with zero attached hydrogens (tertiary/aromatic N) is 1. The second-order valence-electron chi connectivity index (χ2n) is 4.71. The fraction of sp³-hybridized carbons (Fsp3) is 0.462. The van der Waals surface area contributed by atoms with Crippen molar-refractivity contribution < 1.29 is 18.7 Å². The minimum atomic E-state index is -0.979. The van der Waals surface area contributed by atoms with Crippen molar-refractivity contribution in [2.45, 2.75) is 19.4 Å². The molecule has 1 aliphatic rings. The maximum Gasteiger partial charge on any atom is 0.317 e. The van der Waals surface area contributed by atoms with Crippen molar-refractivity contribution in [2.24, 2.45) is 5.92 Å². The van der Waals surface area contributed by atoms with E-state index in [2.05, 4.69) is 0 Å².